The number of hydrazone groups is 2. The van der Waals surface area contributed by atoms with Crippen LogP contribution in [0.15, 0.2) is 40.5 Å². The number of rotatable bonds is 4. The molecule has 1 rings (SSSR count). The van der Waals surface area contributed by atoms with Crippen molar-refractivity contribution in [3.05, 3.63) is 30.3 Å². The summed E-state index contributed by atoms with van der Waals surface area (Å²) in [7, 11) is 0. The van der Waals surface area contributed by atoms with E-state index in [1.807, 2.05) is 43.5 Å². The van der Waals surface area contributed by atoms with E-state index in [0.717, 1.165) is 11.4 Å². The molecule has 1 aromatic rings. The standard InChI is InChI=1S/C11H14N4S2/c1-9(13-15-11(16)17-2)8-12-14-10-6-4-3-5-7-10/h3-8,14H,1-2H3,(H,15,16). The number of nitrogens with one attached hydrogen (secondary N) is 2. The normalized spacial score (nSPS) is 11.5. The molecule has 0 aliphatic heterocycles. The van der Waals surface area contributed by atoms with Gasteiger partial charge >= 0.3 is 0 Å². The van der Waals surface area contributed by atoms with Crippen LogP contribution in [0.1, 0.15) is 6.92 Å². The molecular formula is C11H14N4S2. The minimum Gasteiger partial charge on any atom is -0.278 e. The third kappa shape index (κ3) is 6.03. The Hall–Kier alpha value is -1.40. The van der Waals surface area contributed by atoms with Gasteiger partial charge in [-0.25, -0.2) is 0 Å². The van der Waals surface area contributed by atoms with Crippen LogP contribution in [0.25, 0.3) is 0 Å². The molecule has 0 atom stereocenters. The van der Waals surface area contributed by atoms with Gasteiger partial charge in [-0.3, -0.25) is 10.9 Å². The van der Waals surface area contributed by atoms with E-state index in [1.165, 1.54) is 11.8 Å². The Balaban J connectivity index is 2.41. The molecule has 2 N–H and O–H groups in total. The second kappa shape index (κ2) is 7.81. The van der Waals surface area contributed by atoms with Crippen LogP contribution < -0.4 is 10.9 Å². The Labute approximate surface area is 111 Å². The van der Waals surface area contributed by atoms with E-state index in [9.17, 15) is 0 Å². The maximum atomic E-state index is 4.95. The van der Waals surface area contributed by atoms with Gasteiger partial charge in [0, 0.05) is 0 Å². The van der Waals surface area contributed by atoms with Gasteiger partial charge in [-0.05, 0) is 25.3 Å². The number of thiocarbonyl (C=S) groups is 1. The molecule has 0 saturated heterocycles. The molecule has 0 aliphatic rings. The predicted molar refractivity (Wildman–Crippen MR) is 80.9 cm³/mol. The summed E-state index contributed by atoms with van der Waals surface area (Å²) in [6.45, 7) is 1.84. The number of nitrogens with zero attached hydrogens (tertiary/aromatic N) is 2. The first-order valence-corrected chi connectivity index (χ1v) is 6.58. The van der Waals surface area contributed by atoms with Gasteiger partial charge in [0.15, 0.2) is 4.32 Å². The van der Waals surface area contributed by atoms with Gasteiger partial charge in [0.25, 0.3) is 0 Å². The fraction of sp³-hybridized carbons (Fsp3) is 0.182. The summed E-state index contributed by atoms with van der Waals surface area (Å²) in [6, 6.07) is 9.71. The van der Waals surface area contributed by atoms with Crippen molar-refractivity contribution in [2.24, 2.45) is 10.2 Å². The summed E-state index contributed by atoms with van der Waals surface area (Å²) in [6.07, 6.45) is 3.52. The second-order valence-electron chi connectivity index (χ2n) is 3.09. The Bertz CT molecular complexity index is 415. The van der Waals surface area contributed by atoms with Crippen molar-refractivity contribution in [3.63, 3.8) is 0 Å². The molecule has 0 fully saturated rings. The Morgan fingerprint density at radius 2 is 2.06 bits per heavy atom. The molecule has 0 bridgehead atoms. The van der Waals surface area contributed by atoms with E-state index in [4.69, 9.17) is 12.2 Å². The largest absolute Gasteiger partial charge is 0.278 e. The zero-order valence-electron chi connectivity index (χ0n) is 9.68. The first-order valence-electron chi connectivity index (χ1n) is 4.94. The topological polar surface area (TPSA) is 48.8 Å². The fourth-order valence-corrected chi connectivity index (χ4v) is 1.10. The SMILES string of the molecule is CSC(=S)NN=C(C)C=NNc1ccccc1. The third-order valence-corrected chi connectivity index (χ3v) is 2.78. The van der Waals surface area contributed by atoms with Crippen LogP contribution in [-0.2, 0) is 0 Å². The highest BCUT2D eigenvalue weighted by molar-refractivity contribution is 8.22. The maximum Gasteiger partial charge on any atom is 0.153 e. The highest BCUT2D eigenvalue weighted by atomic mass is 32.2. The monoisotopic (exact) mass is 266 g/mol. The molecule has 0 radical (unpaired) electrons. The summed E-state index contributed by atoms with van der Waals surface area (Å²) < 4.78 is 0.633. The molecule has 0 spiro atoms. The lowest BCUT2D eigenvalue weighted by atomic mass is 10.3. The van der Waals surface area contributed by atoms with Crippen LogP contribution in [0, 0.1) is 0 Å². The van der Waals surface area contributed by atoms with Gasteiger partial charge in [-0.1, -0.05) is 42.2 Å². The molecule has 0 aliphatic carbocycles. The highest BCUT2D eigenvalue weighted by Gasteiger charge is 1.90. The van der Waals surface area contributed by atoms with E-state index < -0.39 is 0 Å². The van der Waals surface area contributed by atoms with E-state index >= 15 is 0 Å². The average Bonchev–Trinajstić information content (AvgIpc) is 2.37. The fourth-order valence-electron chi connectivity index (χ4n) is 0.921. The number of hydrogen-bond donors (Lipinski definition) is 2. The van der Waals surface area contributed by atoms with Crippen molar-refractivity contribution >= 4 is 45.9 Å². The van der Waals surface area contributed by atoms with Gasteiger partial charge in [0.2, 0.25) is 0 Å². The summed E-state index contributed by atoms with van der Waals surface area (Å²) in [5, 5.41) is 8.09. The number of anilines is 1. The lowest BCUT2D eigenvalue weighted by molar-refractivity contribution is 1.06. The molecule has 0 aromatic heterocycles. The van der Waals surface area contributed by atoms with Gasteiger partial charge in [0.05, 0.1) is 17.6 Å². The molecule has 90 valence electrons. The first kappa shape index (κ1) is 13.7. The van der Waals surface area contributed by atoms with Crippen molar-refractivity contribution < 1.29 is 0 Å². The van der Waals surface area contributed by atoms with Crippen LogP contribution in [-0.4, -0.2) is 22.5 Å². The molecular weight excluding hydrogens is 252 g/mol. The third-order valence-electron chi connectivity index (χ3n) is 1.73. The predicted octanol–water partition coefficient (Wildman–Crippen LogP) is 2.70. The zero-order valence-corrected chi connectivity index (χ0v) is 11.3. The quantitative estimate of drug-likeness (QED) is 0.500. The molecule has 4 nitrogen and oxygen atoms in total. The van der Waals surface area contributed by atoms with Crippen LogP contribution in [0.4, 0.5) is 5.69 Å². The second-order valence-corrected chi connectivity index (χ2v) is 4.58. The molecule has 1 aromatic carbocycles. The van der Waals surface area contributed by atoms with Gasteiger partial charge in [-0.2, -0.15) is 10.2 Å². The minimum absolute atomic E-state index is 0.633. The van der Waals surface area contributed by atoms with Gasteiger partial charge in [-0.15, -0.1) is 0 Å². The van der Waals surface area contributed by atoms with E-state index in [-0.39, 0.29) is 0 Å². The Morgan fingerprint density at radius 3 is 2.71 bits per heavy atom. The van der Waals surface area contributed by atoms with Crippen molar-refractivity contribution in [1.29, 1.82) is 0 Å². The molecule has 0 saturated carbocycles. The van der Waals surface area contributed by atoms with Crippen LogP contribution in [0.3, 0.4) is 0 Å². The smallest absolute Gasteiger partial charge is 0.153 e. The number of thioether (sulfide) groups is 1. The average molecular weight is 266 g/mol. The van der Waals surface area contributed by atoms with Crippen molar-refractivity contribution in [2.45, 2.75) is 6.92 Å². The van der Waals surface area contributed by atoms with Crippen LogP contribution in [0.5, 0.6) is 0 Å². The molecule has 0 amide bonds. The van der Waals surface area contributed by atoms with Crippen LogP contribution in [0.2, 0.25) is 0 Å². The first-order chi connectivity index (χ1) is 8.22. The minimum atomic E-state index is 0.633. The molecule has 0 unspecified atom stereocenters. The van der Waals surface area contributed by atoms with E-state index in [1.54, 1.807) is 6.21 Å². The summed E-state index contributed by atoms with van der Waals surface area (Å²) in [4.78, 5) is 0. The Morgan fingerprint density at radius 1 is 1.35 bits per heavy atom. The van der Waals surface area contributed by atoms with E-state index in [0.29, 0.717) is 4.32 Å². The van der Waals surface area contributed by atoms with Crippen molar-refractivity contribution in [3.8, 4) is 0 Å². The number of benzene rings is 1. The highest BCUT2D eigenvalue weighted by Crippen LogP contribution is 2.03. The van der Waals surface area contributed by atoms with Crippen molar-refractivity contribution in [1.82, 2.24) is 5.43 Å². The molecule has 17 heavy (non-hydrogen) atoms. The summed E-state index contributed by atoms with van der Waals surface area (Å²) in [5.41, 5.74) is 7.32. The summed E-state index contributed by atoms with van der Waals surface area (Å²) in [5.74, 6) is 0. The molecule has 6 heteroatoms. The van der Waals surface area contributed by atoms with E-state index in [2.05, 4.69) is 21.1 Å². The lowest BCUT2D eigenvalue weighted by Crippen LogP contribution is -2.13. The summed E-state index contributed by atoms with van der Waals surface area (Å²) >= 11 is 6.39. The Kier molecular flexibility index (Phi) is 6.27. The van der Waals surface area contributed by atoms with Gasteiger partial charge in [0.1, 0.15) is 0 Å². The van der Waals surface area contributed by atoms with Crippen LogP contribution >= 0.6 is 24.0 Å². The zero-order chi connectivity index (χ0) is 12.5. The number of hydrogen-bond acceptors (Lipinski definition) is 5. The lowest BCUT2D eigenvalue weighted by Gasteiger charge is -1.99. The maximum absolute atomic E-state index is 4.95. The van der Waals surface area contributed by atoms with Crippen molar-refractivity contribution in [2.75, 3.05) is 11.7 Å². The number of para-hydroxylation sites is 1. The van der Waals surface area contributed by atoms with Gasteiger partial charge < -0.3 is 0 Å². The molecule has 0 heterocycles.